The largest absolute Gasteiger partial charge is 0.480 e. The molecular formula is C33H39N7O5S2. The van der Waals surface area contributed by atoms with Crippen molar-refractivity contribution >= 4 is 73.4 Å². The van der Waals surface area contributed by atoms with Gasteiger partial charge in [0.15, 0.2) is 6.04 Å². The Labute approximate surface area is 281 Å². The second-order valence-electron chi connectivity index (χ2n) is 12.1. The number of fused-ring (bicyclic) bond motifs is 1. The number of thioether (sulfide) groups is 1. The topological polar surface area (TPSA) is 156 Å². The molecule has 248 valence electrons. The van der Waals surface area contributed by atoms with Crippen molar-refractivity contribution in [1.29, 1.82) is 0 Å². The minimum atomic E-state index is -1.08. The number of nitrogens with one attached hydrogen (secondary N) is 3. The highest BCUT2D eigenvalue weighted by atomic mass is 32.2. The molecule has 4 N–H and O–H groups in total. The molecule has 14 heteroatoms. The predicted octanol–water partition coefficient (Wildman–Crippen LogP) is 3.57. The Morgan fingerprint density at radius 1 is 1.00 bits per heavy atom. The minimum Gasteiger partial charge on any atom is -0.480 e. The molecule has 12 nitrogen and oxygen atoms in total. The summed E-state index contributed by atoms with van der Waals surface area (Å²) in [5.41, 5.74) is 1.77. The van der Waals surface area contributed by atoms with Crippen molar-refractivity contribution in [3.63, 3.8) is 0 Å². The fraction of sp³-hybridized carbons (Fsp3) is 0.455. The Kier molecular flexibility index (Phi) is 10.1. The molecule has 3 aliphatic rings. The number of nitrogens with zero attached hydrogens (tertiary/aromatic N) is 4. The average molecular weight is 678 g/mol. The van der Waals surface area contributed by atoms with E-state index in [-0.39, 0.29) is 18.4 Å². The first-order chi connectivity index (χ1) is 22.7. The number of aliphatic imine (C=N–C) groups is 1. The molecule has 0 radical (unpaired) electrons. The van der Waals surface area contributed by atoms with Crippen LogP contribution in [0.4, 0.5) is 11.4 Å². The van der Waals surface area contributed by atoms with Crippen LogP contribution in [0, 0.1) is 0 Å². The van der Waals surface area contributed by atoms with Gasteiger partial charge in [-0.05, 0) is 61.9 Å². The van der Waals surface area contributed by atoms with E-state index in [1.807, 2.05) is 24.3 Å². The highest BCUT2D eigenvalue weighted by Gasteiger charge is 2.41. The number of thiazole rings is 1. The molecule has 3 amide bonds. The van der Waals surface area contributed by atoms with Crippen molar-refractivity contribution in [3.05, 3.63) is 53.0 Å². The Balaban J connectivity index is 1.05. The number of hydrogen-bond donors (Lipinski definition) is 4. The Morgan fingerprint density at radius 2 is 1.74 bits per heavy atom. The zero-order chi connectivity index (χ0) is 33.0. The zero-order valence-corrected chi connectivity index (χ0v) is 27.9. The van der Waals surface area contributed by atoms with E-state index in [2.05, 4.69) is 42.7 Å². The maximum atomic E-state index is 13.6. The van der Waals surface area contributed by atoms with E-state index < -0.39 is 23.5 Å². The van der Waals surface area contributed by atoms with Gasteiger partial charge in [0, 0.05) is 48.9 Å². The van der Waals surface area contributed by atoms with Crippen LogP contribution >= 0.6 is 23.1 Å². The summed E-state index contributed by atoms with van der Waals surface area (Å²) in [7, 11) is 0. The maximum absolute atomic E-state index is 13.6. The highest BCUT2D eigenvalue weighted by molar-refractivity contribution is 8.15. The van der Waals surface area contributed by atoms with Crippen LogP contribution < -0.4 is 20.9 Å². The second kappa shape index (κ2) is 14.4. The summed E-state index contributed by atoms with van der Waals surface area (Å²) >= 11 is 2.75. The van der Waals surface area contributed by atoms with Gasteiger partial charge in [0.2, 0.25) is 11.8 Å². The number of hydrogen-bond acceptors (Lipinski definition) is 10. The van der Waals surface area contributed by atoms with Gasteiger partial charge in [-0.2, -0.15) is 0 Å². The fourth-order valence-electron chi connectivity index (χ4n) is 6.25. The quantitative estimate of drug-likeness (QED) is 0.252. The molecule has 47 heavy (non-hydrogen) atoms. The first-order valence-electron chi connectivity index (χ1n) is 16.1. The molecular weight excluding hydrogens is 639 g/mol. The maximum Gasteiger partial charge on any atom is 0.329 e. The Hall–Kier alpha value is -4.01. The lowest BCUT2D eigenvalue weighted by atomic mass is 9.80. The average Bonchev–Trinajstić information content (AvgIpc) is 3.76. The standard InChI is InChI=1S/C33H39N7O5S2/c1-2-39-14-16-40(17-15-39)23-9-6-21(7-10-23)28(42)38-33(12-4-3-5-13-33)32(45)34-19-27(41)35-22-8-11-24-26(18-22)47-30(36-24)29-37-25(20-46-29)31(43)44/h6-11,18,25H,2-5,12-17,19-20H2,1H3,(H,34,45)(H,35,41)(H,38,42)(H,43,44)/t25-/m1/s1. The number of rotatable bonds is 10. The smallest absolute Gasteiger partial charge is 0.329 e. The molecule has 1 aliphatic carbocycles. The van der Waals surface area contributed by atoms with Crippen molar-refractivity contribution in [2.24, 2.45) is 4.99 Å². The first-order valence-corrected chi connectivity index (χ1v) is 17.9. The molecule has 3 aromatic rings. The van der Waals surface area contributed by atoms with Crippen LogP contribution in [0.15, 0.2) is 47.5 Å². The van der Waals surface area contributed by atoms with Gasteiger partial charge in [0.1, 0.15) is 15.6 Å². The van der Waals surface area contributed by atoms with Crippen molar-refractivity contribution in [3.8, 4) is 0 Å². The van der Waals surface area contributed by atoms with E-state index in [1.54, 1.807) is 18.2 Å². The van der Waals surface area contributed by atoms with Gasteiger partial charge in [-0.15, -0.1) is 23.1 Å². The van der Waals surface area contributed by atoms with Gasteiger partial charge >= 0.3 is 5.97 Å². The molecule has 0 unspecified atom stereocenters. The van der Waals surface area contributed by atoms with E-state index in [9.17, 15) is 24.3 Å². The van der Waals surface area contributed by atoms with Gasteiger partial charge in [-0.1, -0.05) is 26.2 Å². The summed E-state index contributed by atoms with van der Waals surface area (Å²) in [6.07, 6.45) is 3.61. The number of piperazine rings is 1. The Morgan fingerprint density at radius 3 is 2.43 bits per heavy atom. The summed E-state index contributed by atoms with van der Waals surface area (Å²) in [5.74, 6) is -1.63. The summed E-state index contributed by atoms with van der Waals surface area (Å²) in [6.45, 7) is 6.91. The van der Waals surface area contributed by atoms with Gasteiger partial charge < -0.3 is 30.9 Å². The monoisotopic (exact) mass is 677 g/mol. The highest BCUT2D eigenvalue weighted by Crippen LogP contribution is 2.32. The number of aromatic nitrogens is 1. The van der Waals surface area contributed by atoms with Gasteiger partial charge in [0.25, 0.3) is 5.91 Å². The van der Waals surface area contributed by atoms with Crippen LogP contribution in [-0.2, 0) is 14.4 Å². The predicted molar refractivity (Wildman–Crippen MR) is 186 cm³/mol. The van der Waals surface area contributed by atoms with Crippen LogP contribution in [0.2, 0.25) is 0 Å². The van der Waals surface area contributed by atoms with E-state index in [0.717, 1.165) is 67.9 Å². The lowest BCUT2D eigenvalue weighted by Gasteiger charge is -2.37. The SMILES string of the molecule is CCN1CCN(c2ccc(C(=O)NC3(C(=O)NCC(=O)Nc4ccc5nc(C6=N[C@@H](C(=O)O)CS6)sc5c4)CCCCC3)cc2)CC1. The van der Waals surface area contributed by atoms with Crippen LogP contribution in [-0.4, -0.2) is 100 Å². The summed E-state index contributed by atoms with van der Waals surface area (Å²) in [6, 6.07) is 12.1. The third-order valence-electron chi connectivity index (χ3n) is 9.01. The number of benzene rings is 2. The van der Waals surface area contributed by atoms with Crippen molar-refractivity contribution in [2.75, 3.05) is 55.2 Å². The number of amides is 3. The third kappa shape index (κ3) is 7.60. The molecule has 2 fully saturated rings. The number of likely N-dealkylation sites (N-methyl/N-ethyl adjacent to an activating group) is 1. The summed E-state index contributed by atoms with van der Waals surface area (Å²) in [4.78, 5) is 64.6. The van der Waals surface area contributed by atoms with Crippen LogP contribution in [0.25, 0.3) is 10.2 Å². The summed E-state index contributed by atoms with van der Waals surface area (Å²) in [5, 5.41) is 19.1. The number of carbonyl (C=O) groups excluding carboxylic acids is 3. The van der Waals surface area contributed by atoms with E-state index in [0.29, 0.717) is 39.9 Å². The number of carboxylic acids is 1. The van der Waals surface area contributed by atoms with Gasteiger partial charge in [-0.25, -0.2) is 9.78 Å². The molecule has 6 rings (SSSR count). The van der Waals surface area contributed by atoms with Crippen molar-refractivity contribution < 1.29 is 24.3 Å². The zero-order valence-electron chi connectivity index (χ0n) is 26.3. The van der Waals surface area contributed by atoms with E-state index in [1.165, 1.54) is 23.1 Å². The third-order valence-corrected chi connectivity index (χ3v) is 11.2. The molecule has 1 saturated carbocycles. The molecule has 1 aromatic heterocycles. The Bertz CT molecular complexity index is 1680. The summed E-state index contributed by atoms with van der Waals surface area (Å²) < 4.78 is 0.819. The van der Waals surface area contributed by atoms with Crippen molar-refractivity contribution in [1.82, 2.24) is 20.5 Å². The number of anilines is 2. The van der Waals surface area contributed by atoms with Crippen LogP contribution in [0.5, 0.6) is 0 Å². The molecule has 2 aliphatic heterocycles. The van der Waals surface area contributed by atoms with Crippen LogP contribution in [0.1, 0.15) is 54.4 Å². The second-order valence-corrected chi connectivity index (χ2v) is 14.1. The van der Waals surface area contributed by atoms with Crippen LogP contribution in [0.3, 0.4) is 0 Å². The van der Waals surface area contributed by atoms with E-state index >= 15 is 0 Å². The molecule has 1 saturated heterocycles. The lowest BCUT2D eigenvalue weighted by Crippen LogP contribution is -2.60. The first kappa shape index (κ1) is 32.9. The molecule has 0 spiro atoms. The van der Waals surface area contributed by atoms with Gasteiger partial charge in [0.05, 0.1) is 16.8 Å². The fourth-order valence-corrected chi connectivity index (χ4v) is 8.35. The molecule has 0 bridgehead atoms. The molecule has 1 atom stereocenters. The number of carbonyl (C=O) groups is 4. The number of carboxylic acid groups (broad SMARTS) is 1. The minimum absolute atomic E-state index is 0.244. The number of aliphatic carboxylic acids is 1. The van der Waals surface area contributed by atoms with E-state index in [4.69, 9.17) is 0 Å². The molecule has 3 heterocycles. The lowest BCUT2D eigenvalue weighted by molar-refractivity contribution is -0.137. The molecule has 2 aromatic carbocycles. The van der Waals surface area contributed by atoms with Gasteiger partial charge in [-0.3, -0.25) is 19.4 Å². The van der Waals surface area contributed by atoms with Crippen molar-refractivity contribution in [2.45, 2.75) is 50.6 Å². The normalized spacial score (nSPS) is 19.6.